The third kappa shape index (κ3) is 3.20. The average Bonchev–Trinajstić information content (AvgIpc) is 3.08. The first-order valence-electron chi connectivity index (χ1n) is 8.17. The number of benzene rings is 1. The van der Waals surface area contributed by atoms with Gasteiger partial charge in [0.15, 0.2) is 11.6 Å². The van der Waals surface area contributed by atoms with E-state index in [9.17, 15) is 22.6 Å². The van der Waals surface area contributed by atoms with Gasteiger partial charge in [-0.15, -0.1) is 0 Å². The molecule has 3 aliphatic rings. The molecule has 1 aromatic carbocycles. The van der Waals surface area contributed by atoms with E-state index in [0.717, 1.165) is 17.0 Å². The molecule has 2 amide bonds. The number of hydrogen-bond donors (Lipinski definition) is 1. The van der Waals surface area contributed by atoms with Crippen molar-refractivity contribution in [1.29, 1.82) is 0 Å². The summed E-state index contributed by atoms with van der Waals surface area (Å²) in [6.45, 7) is 1.73. The SMILES string of the molecule is CC(=O)NC[C@H]1CN(c2cc(F)c(N3C=C4C(=CC3)S4=O)c(F)c2)C(=O)O1.[HH]. The maximum atomic E-state index is 14.6. The van der Waals surface area contributed by atoms with Crippen molar-refractivity contribution >= 4 is 34.2 Å². The second-order valence-electron chi connectivity index (χ2n) is 6.29. The van der Waals surface area contributed by atoms with Crippen molar-refractivity contribution < 1.29 is 28.7 Å². The van der Waals surface area contributed by atoms with Gasteiger partial charge in [0.25, 0.3) is 0 Å². The number of cyclic esters (lactones) is 1. The van der Waals surface area contributed by atoms with E-state index in [2.05, 4.69) is 5.32 Å². The summed E-state index contributed by atoms with van der Waals surface area (Å²) < 4.78 is 45.9. The molecule has 1 N–H and O–H groups in total. The van der Waals surface area contributed by atoms with Crippen molar-refractivity contribution in [3.63, 3.8) is 0 Å². The van der Waals surface area contributed by atoms with E-state index in [0.29, 0.717) is 9.81 Å². The number of anilines is 2. The molecule has 0 radical (unpaired) electrons. The molecule has 144 valence electrons. The van der Waals surface area contributed by atoms with Gasteiger partial charge in [-0.1, -0.05) is 0 Å². The minimum atomic E-state index is -1.17. The van der Waals surface area contributed by atoms with Crippen LogP contribution in [-0.4, -0.2) is 41.9 Å². The standard InChI is InChI=1S/C17H15F2N3O4S.H2/c1-9(23)20-6-11-7-22(17(24)26-11)10-4-12(18)16(13(19)5-10)21-3-2-14-15(8-21)27(14)25;/h2,4-5,8,11H,3,6-7H2,1H3,(H,20,23);1H/t11-,27?;/m0./s1. The van der Waals surface area contributed by atoms with Gasteiger partial charge >= 0.3 is 6.09 Å². The Hall–Kier alpha value is -2.75. The molecule has 2 fully saturated rings. The molecule has 1 unspecified atom stereocenters. The van der Waals surface area contributed by atoms with Gasteiger partial charge in [0.2, 0.25) is 5.91 Å². The van der Waals surface area contributed by atoms with Crippen LogP contribution in [0.15, 0.2) is 34.2 Å². The van der Waals surface area contributed by atoms with Crippen LogP contribution in [0.2, 0.25) is 0 Å². The highest BCUT2D eigenvalue weighted by Gasteiger charge is 2.38. The molecule has 7 nitrogen and oxygen atoms in total. The third-order valence-electron chi connectivity index (χ3n) is 4.40. The summed E-state index contributed by atoms with van der Waals surface area (Å²) >= 11 is 0. The van der Waals surface area contributed by atoms with Crippen molar-refractivity contribution in [3.05, 3.63) is 45.9 Å². The maximum Gasteiger partial charge on any atom is 0.414 e. The van der Waals surface area contributed by atoms with E-state index < -0.39 is 34.6 Å². The lowest BCUT2D eigenvalue weighted by molar-refractivity contribution is -0.119. The minimum absolute atomic E-state index is 0. The topological polar surface area (TPSA) is 79.0 Å². The Kier molecular flexibility index (Phi) is 4.22. The molecule has 0 saturated carbocycles. The molecular weight excluding hydrogens is 380 g/mol. The molecule has 27 heavy (non-hydrogen) atoms. The Morgan fingerprint density at radius 3 is 2.70 bits per heavy atom. The van der Waals surface area contributed by atoms with Gasteiger partial charge in [-0.05, 0) is 6.08 Å². The van der Waals surface area contributed by atoms with Crippen LogP contribution in [0, 0.1) is 11.6 Å². The fraction of sp³-hybridized carbons (Fsp3) is 0.294. The Morgan fingerprint density at radius 2 is 2.07 bits per heavy atom. The summed E-state index contributed by atoms with van der Waals surface area (Å²) in [6, 6.07) is 2.12. The number of halogens is 2. The van der Waals surface area contributed by atoms with Crippen molar-refractivity contribution in [1.82, 2.24) is 5.32 Å². The Labute approximate surface area is 157 Å². The second kappa shape index (κ2) is 6.45. The highest BCUT2D eigenvalue weighted by Crippen LogP contribution is 2.42. The molecular formula is C17H17F2N3O4S. The van der Waals surface area contributed by atoms with Crippen molar-refractivity contribution in [2.24, 2.45) is 0 Å². The van der Waals surface area contributed by atoms with Crippen LogP contribution in [-0.2, 0) is 20.3 Å². The number of fused-ring (bicyclic) bond motifs is 1. The van der Waals surface area contributed by atoms with E-state index in [4.69, 9.17) is 4.74 Å². The third-order valence-corrected chi connectivity index (χ3v) is 5.71. The number of amides is 2. The van der Waals surface area contributed by atoms with Crippen LogP contribution in [0.1, 0.15) is 8.35 Å². The first kappa shape index (κ1) is 17.7. The van der Waals surface area contributed by atoms with E-state index in [-0.39, 0.29) is 38.3 Å². The van der Waals surface area contributed by atoms with Gasteiger partial charge in [0.1, 0.15) is 11.8 Å². The van der Waals surface area contributed by atoms with E-state index >= 15 is 0 Å². The molecule has 0 aromatic heterocycles. The lowest BCUT2D eigenvalue weighted by Gasteiger charge is -2.22. The predicted molar refractivity (Wildman–Crippen MR) is 96.4 cm³/mol. The van der Waals surface area contributed by atoms with E-state index in [1.807, 2.05) is 0 Å². The van der Waals surface area contributed by atoms with Gasteiger partial charge in [0, 0.05) is 33.2 Å². The number of carbonyl (C=O) groups is 2. The molecule has 1 aromatic rings. The van der Waals surface area contributed by atoms with Gasteiger partial charge < -0.3 is 15.0 Å². The first-order chi connectivity index (χ1) is 12.8. The average molecular weight is 397 g/mol. The number of ether oxygens (including phenoxy) is 1. The monoisotopic (exact) mass is 397 g/mol. The molecule has 2 saturated heterocycles. The van der Waals surface area contributed by atoms with Crippen molar-refractivity contribution in [2.45, 2.75) is 13.0 Å². The number of hydrogen-bond acceptors (Lipinski definition) is 5. The summed E-state index contributed by atoms with van der Waals surface area (Å²) in [6.07, 6.45) is 1.80. The zero-order valence-electron chi connectivity index (χ0n) is 14.2. The van der Waals surface area contributed by atoms with Crippen LogP contribution in [0.5, 0.6) is 0 Å². The molecule has 0 bridgehead atoms. The first-order valence-corrected chi connectivity index (χ1v) is 9.32. The highest BCUT2D eigenvalue weighted by atomic mass is 32.2. The van der Waals surface area contributed by atoms with Gasteiger partial charge in [-0.3, -0.25) is 9.69 Å². The summed E-state index contributed by atoms with van der Waals surface area (Å²) in [5.41, 5.74) is -0.243. The smallest absolute Gasteiger partial charge is 0.414 e. The maximum absolute atomic E-state index is 14.6. The normalized spacial score (nSPS) is 23.4. The van der Waals surface area contributed by atoms with Gasteiger partial charge in [-0.25, -0.2) is 17.8 Å². The molecule has 3 heterocycles. The summed E-state index contributed by atoms with van der Waals surface area (Å²) in [5, 5.41) is 2.53. The minimum Gasteiger partial charge on any atom is -0.442 e. The summed E-state index contributed by atoms with van der Waals surface area (Å²) in [5.74, 6) is -1.96. The molecule has 10 heteroatoms. The van der Waals surface area contributed by atoms with Crippen LogP contribution in [0.3, 0.4) is 0 Å². The Bertz CT molecular complexity index is 929. The lowest BCUT2D eigenvalue weighted by Crippen LogP contribution is -2.33. The van der Waals surface area contributed by atoms with Crippen LogP contribution < -0.4 is 15.1 Å². The van der Waals surface area contributed by atoms with Crippen LogP contribution >= 0.6 is 0 Å². The highest BCUT2D eigenvalue weighted by molar-refractivity contribution is 8.02. The fourth-order valence-electron chi connectivity index (χ4n) is 3.06. The largest absolute Gasteiger partial charge is 0.442 e. The predicted octanol–water partition coefficient (Wildman–Crippen LogP) is 1.98. The number of rotatable bonds is 4. The molecule has 3 aliphatic heterocycles. The van der Waals surface area contributed by atoms with E-state index in [1.54, 1.807) is 6.08 Å². The molecule has 0 spiro atoms. The zero-order chi connectivity index (χ0) is 19.3. The number of carbonyl (C=O) groups excluding carboxylic acids is 2. The Balaban J connectivity index is 0.00000225. The molecule has 4 rings (SSSR count). The molecule has 2 atom stereocenters. The van der Waals surface area contributed by atoms with Crippen molar-refractivity contribution in [2.75, 3.05) is 29.4 Å². The number of nitrogens with one attached hydrogen (secondary N) is 1. The summed E-state index contributed by atoms with van der Waals surface area (Å²) in [4.78, 5) is 26.7. The quantitative estimate of drug-likeness (QED) is 0.786. The van der Waals surface area contributed by atoms with E-state index in [1.165, 1.54) is 18.0 Å². The van der Waals surface area contributed by atoms with Crippen LogP contribution in [0.25, 0.3) is 0 Å². The van der Waals surface area contributed by atoms with Crippen molar-refractivity contribution in [3.8, 4) is 0 Å². The molecule has 0 aliphatic carbocycles. The lowest BCUT2D eigenvalue weighted by atomic mass is 10.2. The van der Waals surface area contributed by atoms with Crippen LogP contribution in [0.4, 0.5) is 25.0 Å². The summed E-state index contributed by atoms with van der Waals surface area (Å²) in [7, 11) is -1.17. The zero-order valence-corrected chi connectivity index (χ0v) is 15.0. The number of nitrogens with zero attached hydrogens (tertiary/aromatic N) is 2. The Morgan fingerprint density at radius 1 is 1.37 bits per heavy atom. The van der Waals surface area contributed by atoms with Gasteiger partial charge in [0.05, 0.1) is 39.4 Å². The fourth-order valence-corrected chi connectivity index (χ4v) is 4.06. The van der Waals surface area contributed by atoms with Gasteiger partial charge in [-0.2, -0.15) is 0 Å². The second-order valence-corrected chi connectivity index (χ2v) is 7.71.